The summed E-state index contributed by atoms with van der Waals surface area (Å²) in [6, 6.07) is 13.5. The Morgan fingerprint density at radius 3 is 2.62 bits per heavy atom. The van der Waals surface area contributed by atoms with Crippen molar-refractivity contribution in [1.82, 2.24) is 14.9 Å². The number of aromatic nitrogens is 2. The van der Waals surface area contributed by atoms with Gasteiger partial charge in [0.1, 0.15) is 11.6 Å². The van der Waals surface area contributed by atoms with Gasteiger partial charge in [0.25, 0.3) is 5.91 Å². The van der Waals surface area contributed by atoms with E-state index < -0.39 is 0 Å². The molecule has 0 aliphatic carbocycles. The first-order valence-corrected chi connectivity index (χ1v) is 9.05. The topological polar surface area (TPSA) is 56.2 Å². The second-order valence-corrected chi connectivity index (χ2v) is 6.36. The predicted molar refractivity (Wildman–Crippen MR) is 104 cm³/mol. The summed E-state index contributed by atoms with van der Waals surface area (Å²) in [4.78, 5) is 17.0. The number of nitrogens with zero attached hydrogens (tertiary/aromatic N) is 2. The highest BCUT2D eigenvalue weighted by atomic mass is 16.5. The summed E-state index contributed by atoms with van der Waals surface area (Å²) < 4.78 is 7.31. The van der Waals surface area contributed by atoms with Gasteiger partial charge < -0.3 is 10.1 Å². The van der Waals surface area contributed by atoms with Crippen LogP contribution in [0.3, 0.4) is 0 Å². The lowest BCUT2D eigenvalue weighted by atomic mass is 10.1. The minimum absolute atomic E-state index is 0.0420. The van der Waals surface area contributed by atoms with Crippen molar-refractivity contribution < 1.29 is 9.53 Å². The molecular formula is C21H25N3O2. The highest BCUT2D eigenvalue weighted by molar-refractivity contribution is 5.97. The number of carbonyl (C=O) groups is 1. The van der Waals surface area contributed by atoms with E-state index in [0.717, 1.165) is 47.6 Å². The van der Waals surface area contributed by atoms with Crippen LogP contribution in [0.15, 0.2) is 42.5 Å². The van der Waals surface area contributed by atoms with Crippen LogP contribution in [0.4, 0.5) is 0 Å². The molecule has 1 aromatic heterocycles. The molecule has 1 heterocycles. The van der Waals surface area contributed by atoms with Crippen LogP contribution in [-0.4, -0.2) is 29.1 Å². The van der Waals surface area contributed by atoms with Gasteiger partial charge in [-0.05, 0) is 55.8 Å². The SMILES string of the molecule is CCCCCNC(=O)c1ccc2c(c1)nc(C)n2-c1ccc(OC)cc1. The standard InChI is InChI=1S/C21H25N3O2/c1-4-5-6-13-22-21(25)16-7-12-20-19(14-16)23-15(2)24(20)17-8-10-18(26-3)11-9-17/h7-12,14H,4-6,13H2,1-3H3,(H,22,25). The van der Waals surface area contributed by atoms with Crippen molar-refractivity contribution in [3.05, 3.63) is 53.9 Å². The summed E-state index contributed by atoms with van der Waals surface area (Å²) in [7, 11) is 1.65. The van der Waals surface area contributed by atoms with Gasteiger partial charge in [-0.25, -0.2) is 4.98 Å². The highest BCUT2D eigenvalue weighted by Gasteiger charge is 2.12. The number of nitrogens with one attached hydrogen (secondary N) is 1. The van der Waals surface area contributed by atoms with Gasteiger partial charge in [0, 0.05) is 17.8 Å². The lowest BCUT2D eigenvalue weighted by Gasteiger charge is -2.08. The molecule has 0 fully saturated rings. The molecule has 5 nitrogen and oxygen atoms in total. The van der Waals surface area contributed by atoms with Crippen LogP contribution < -0.4 is 10.1 Å². The molecule has 5 heteroatoms. The summed E-state index contributed by atoms with van der Waals surface area (Å²) in [5.74, 6) is 1.66. The number of methoxy groups -OCH3 is 1. The van der Waals surface area contributed by atoms with Gasteiger partial charge in [0.15, 0.2) is 0 Å². The monoisotopic (exact) mass is 351 g/mol. The van der Waals surface area contributed by atoms with Crippen LogP contribution in [0.5, 0.6) is 5.75 Å². The quantitative estimate of drug-likeness (QED) is 0.647. The minimum Gasteiger partial charge on any atom is -0.497 e. The molecule has 0 aliphatic rings. The molecule has 136 valence electrons. The zero-order valence-corrected chi connectivity index (χ0v) is 15.6. The molecule has 0 spiro atoms. The summed E-state index contributed by atoms with van der Waals surface area (Å²) >= 11 is 0. The third kappa shape index (κ3) is 3.72. The van der Waals surface area contributed by atoms with Crippen molar-refractivity contribution in [3.8, 4) is 11.4 Å². The molecule has 0 radical (unpaired) electrons. The number of carbonyl (C=O) groups excluding carboxylic acids is 1. The van der Waals surface area contributed by atoms with Crippen molar-refractivity contribution in [1.29, 1.82) is 0 Å². The van der Waals surface area contributed by atoms with Crippen LogP contribution in [0, 0.1) is 6.92 Å². The Balaban J connectivity index is 1.86. The Labute approximate surface area is 154 Å². The zero-order chi connectivity index (χ0) is 18.5. The van der Waals surface area contributed by atoms with E-state index in [9.17, 15) is 4.79 Å². The average molecular weight is 351 g/mol. The lowest BCUT2D eigenvalue weighted by molar-refractivity contribution is 0.0953. The van der Waals surface area contributed by atoms with E-state index in [1.807, 2.05) is 49.4 Å². The van der Waals surface area contributed by atoms with E-state index in [-0.39, 0.29) is 5.91 Å². The average Bonchev–Trinajstić information content (AvgIpc) is 3.00. The smallest absolute Gasteiger partial charge is 0.251 e. The Morgan fingerprint density at radius 1 is 1.15 bits per heavy atom. The lowest BCUT2D eigenvalue weighted by Crippen LogP contribution is -2.24. The molecule has 3 rings (SSSR count). The third-order valence-corrected chi connectivity index (χ3v) is 4.48. The fourth-order valence-electron chi connectivity index (χ4n) is 3.08. The number of amides is 1. The normalized spacial score (nSPS) is 10.9. The molecule has 26 heavy (non-hydrogen) atoms. The van der Waals surface area contributed by atoms with Gasteiger partial charge in [0.05, 0.1) is 18.1 Å². The fourth-order valence-corrected chi connectivity index (χ4v) is 3.08. The Morgan fingerprint density at radius 2 is 1.92 bits per heavy atom. The van der Waals surface area contributed by atoms with E-state index in [0.29, 0.717) is 12.1 Å². The van der Waals surface area contributed by atoms with Crippen molar-refractivity contribution >= 4 is 16.9 Å². The number of benzene rings is 2. The minimum atomic E-state index is -0.0420. The van der Waals surface area contributed by atoms with E-state index in [1.54, 1.807) is 7.11 Å². The first-order valence-electron chi connectivity index (χ1n) is 9.05. The zero-order valence-electron chi connectivity index (χ0n) is 15.6. The Kier molecular flexibility index (Phi) is 5.56. The van der Waals surface area contributed by atoms with E-state index >= 15 is 0 Å². The number of fused-ring (bicyclic) bond motifs is 1. The second kappa shape index (κ2) is 8.04. The van der Waals surface area contributed by atoms with Crippen LogP contribution >= 0.6 is 0 Å². The van der Waals surface area contributed by atoms with Gasteiger partial charge >= 0.3 is 0 Å². The van der Waals surface area contributed by atoms with Crippen LogP contribution in [-0.2, 0) is 0 Å². The highest BCUT2D eigenvalue weighted by Crippen LogP contribution is 2.24. The van der Waals surface area contributed by atoms with E-state index in [1.165, 1.54) is 0 Å². The molecule has 0 unspecified atom stereocenters. The van der Waals surface area contributed by atoms with Crippen LogP contribution in [0.2, 0.25) is 0 Å². The summed E-state index contributed by atoms with van der Waals surface area (Å²) in [6.45, 7) is 4.83. The number of imidazole rings is 1. The molecule has 0 atom stereocenters. The molecule has 3 aromatic rings. The number of aryl methyl sites for hydroxylation is 1. The Bertz CT molecular complexity index is 898. The van der Waals surface area contributed by atoms with E-state index in [2.05, 4.69) is 21.8 Å². The van der Waals surface area contributed by atoms with Gasteiger partial charge in [-0.3, -0.25) is 9.36 Å². The molecule has 0 saturated carbocycles. The first-order chi connectivity index (χ1) is 12.6. The predicted octanol–water partition coefficient (Wildman–Crippen LogP) is 4.26. The number of unbranched alkanes of at least 4 members (excludes halogenated alkanes) is 2. The Hall–Kier alpha value is -2.82. The maximum Gasteiger partial charge on any atom is 0.251 e. The first kappa shape index (κ1) is 18.0. The van der Waals surface area contributed by atoms with E-state index in [4.69, 9.17) is 4.74 Å². The molecule has 1 N–H and O–H groups in total. The summed E-state index contributed by atoms with van der Waals surface area (Å²) in [6.07, 6.45) is 3.28. The van der Waals surface area contributed by atoms with Gasteiger partial charge in [0.2, 0.25) is 0 Å². The third-order valence-electron chi connectivity index (χ3n) is 4.48. The van der Waals surface area contributed by atoms with Crippen molar-refractivity contribution in [2.45, 2.75) is 33.1 Å². The number of hydrogen-bond donors (Lipinski definition) is 1. The van der Waals surface area contributed by atoms with Gasteiger partial charge in [-0.2, -0.15) is 0 Å². The largest absolute Gasteiger partial charge is 0.497 e. The van der Waals surface area contributed by atoms with Gasteiger partial charge in [-0.15, -0.1) is 0 Å². The molecule has 0 saturated heterocycles. The number of ether oxygens (including phenoxy) is 1. The van der Waals surface area contributed by atoms with Gasteiger partial charge in [-0.1, -0.05) is 19.8 Å². The summed E-state index contributed by atoms with van der Waals surface area (Å²) in [5, 5.41) is 2.98. The second-order valence-electron chi connectivity index (χ2n) is 6.36. The molecular weight excluding hydrogens is 326 g/mol. The molecule has 0 aliphatic heterocycles. The molecule has 2 aromatic carbocycles. The van der Waals surface area contributed by atoms with Crippen LogP contribution in [0.1, 0.15) is 42.4 Å². The fraction of sp³-hybridized carbons (Fsp3) is 0.333. The summed E-state index contributed by atoms with van der Waals surface area (Å²) in [5.41, 5.74) is 3.46. The number of rotatable bonds is 7. The van der Waals surface area contributed by atoms with Crippen molar-refractivity contribution in [2.75, 3.05) is 13.7 Å². The maximum atomic E-state index is 12.3. The molecule has 1 amide bonds. The van der Waals surface area contributed by atoms with Crippen molar-refractivity contribution in [3.63, 3.8) is 0 Å². The number of hydrogen-bond acceptors (Lipinski definition) is 3. The van der Waals surface area contributed by atoms with Crippen LogP contribution in [0.25, 0.3) is 16.7 Å². The van der Waals surface area contributed by atoms with Crippen molar-refractivity contribution in [2.24, 2.45) is 0 Å². The maximum absolute atomic E-state index is 12.3. The molecule has 0 bridgehead atoms.